The molecular formula is C18H16N2O4S2. The lowest BCUT2D eigenvalue weighted by atomic mass is 10.3. The zero-order chi connectivity index (χ0) is 18.5. The number of carbonyl (C=O) groups is 2. The maximum Gasteiger partial charge on any atom is 0.325 e. The summed E-state index contributed by atoms with van der Waals surface area (Å²) in [6.07, 6.45) is 3.14. The van der Waals surface area contributed by atoms with Gasteiger partial charge in [-0.1, -0.05) is 17.4 Å². The minimum atomic E-state index is -0.413. The number of rotatable bonds is 5. The average Bonchev–Trinajstić information content (AvgIpc) is 3.28. The highest BCUT2D eigenvalue weighted by Crippen LogP contribution is 2.23. The molecule has 0 radical (unpaired) electrons. The Hall–Kier alpha value is -2.71. The Labute approximate surface area is 157 Å². The Morgan fingerprint density at radius 3 is 2.81 bits per heavy atom. The lowest BCUT2D eigenvalue weighted by Crippen LogP contribution is -2.22. The molecular weight excluding hydrogens is 372 g/mol. The van der Waals surface area contributed by atoms with E-state index >= 15 is 0 Å². The van der Waals surface area contributed by atoms with Crippen LogP contribution in [0.5, 0.6) is 5.75 Å². The summed E-state index contributed by atoms with van der Waals surface area (Å²) in [5.41, 5.74) is 0.787. The number of hydrogen-bond acceptors (Lipinski definition) is 6. The predicted octanol–water partition coefficient (Wildman–Crippen LogP) is 3.09. The molecule has 0 aliphatic carbocycles. The van der Waals surface area contributed by atoms with Crippen molar-refractivity contribution in [2.45, 2.75) is 6.54 Å². The molecule has 0 aliphatic heterocycles. The predicted molar refractivity (Wildman–Crippen MR) is 102 cm³/mol. The average molecular weight is 388 g/mol. The fourth-order valence-corrected chi connectivity index (χ4v) is 3.96. The molecule has 2 heterocycles. The van der Waals surface area contributed by atoms with Crippen LogP contribution in [0.1, 0.15) is 4.88 Å². The Morgan fingerprint density at radius 2 is 2.12 bits per heavy atom. The van der Waals surface area contributed by atoms with Crippen molar-refractivity contribution in [3.05, 3.63) is 51.5 Å². The van der Waals surface area contributed by atoms with Crippen molar-refractivity contribution in [1.82, 2.24) is 4.57 Å². The summed E-state index contributed by atoms with van der Waals surface area (Å²) >= 11 is 2.85. The molecule has 1 amide bonds. The van der Waals surface area contributed by atoms with E-state index in [0.29, 0.717) is 10.6 Å². The minimum Gasteiger partial charge on any atom is -0.497 e. The van der Waals surface area contributed by atoms with E-state index in [1.54, 1.807) is 23.8 Å². The van der Waals surface area contributed by atoms with Gasteiger partial charge in [0.2, 0.25) is 0 Å². The zero-order valence-electron chi connectivity index (χ0n) is 14.2. The van der Waals surface area contributed by atoms with Gasteiger partial charge in [-0.2, -0.15) is 4.99 Å². The molecule has 1 aromatic carbocycles. The fourth-order valence-electron chi connectivity index (χ4n) is 2.28. The molecule has 0 bridgehead atoms. The second kappa shape index (κ2) is 8.11. The van der Waals surface area contributed by atoms with Crippen LogP contribution < -0.4 is 9.54 Å². The number of carbonyl (C=O) groups excluding carboxylic acids is 2. The number of fused-ring (bicyclic) bond motifs is 1. The molecule has 0 fully saturated rings. The van der Waals surface area contributed by atoms with Gasteiger partial charge < -0.3 is 14.0 Å². The van der Waals surface area contributed by atoms with Crippen molar-refractivity contribution in [1.29, 1.82) is 0 Å². The molecule has 3 rings (SSSR count). The van der Waals surface area contributed by atoms with E-state index in [1.165, 1.54) is 35.9 Å². The first-order valence-electron chi connectivity index (χ1n) is 7.65. The number of thiazole rings is 1. The van der Waals surface area contributed by atoms with E-state index in [1.807, 2.05) is 29.6 Å². The van der Waals surface area contributed by atoms with Crippen molar-refractivity contribution < 1.29 is 19.1 Å². The number of aromatic nitrogens is 1. The summed E-state index contributed by atoms with van der Waals surface area (Å²) in [7, 11) is 2.91. The number of benzene rings is 1. The standard InChI is InChI=1S/C18H16N2O4S2/c1-23-12-5-7-14-15(10-12)26-18(20(14)11-17(22)24-2)19-16(21)8-6-13-4-3-9-25-13/h3-10H,11H2,1-2H3/b8-6+,19-18?. The highest BCUT2D eigenvalue weighted by Gasteiger charge is 2.12. The van der Waals surface area contributed by atoms with Crippen LogP contribution in [0, 0.1) is 0 Å². The molecule has 8 heteroatoms. The summed E-state index contributed by atoms with van der Waals surface area (Å²) in [6.45, 7) is -0.0242. The summed E-state index contributed by atoms with van der Waals surface area (Å²) in [6, 6.07) is 9.30. The maximum absolute atomic E-state index is 12.2. The molecule has 134 valence electrons. The van der Waals surface area contributed by atoms with Crippen LogP contribution in [0.25, 0.3) is 16.3 Å². The zero-order valence-corrected chi connectivity index (χ0v) is 15.8. The van der Waals surface area contributed by atoms with Crippen LogP contribution in [0.15, 0.2) is 46.8 Å². The fraction of sp³-hybridized carbons (Fsp3) is 0.167. The van der Waals surface area contributed by atoms with E-state index in [0.717, 1.165) is 15.1 Å². The van der Waals surface area contributed by atoms with Gasteiger partial charge in [-0.25, -0.2) is 0 Å². The maximum atomic E-state index is 12.2. The van der Waals surface area contributed by atoms with E-state index in [-0.39, 0.29) is 6.54 Å². The number of nitrogens with zero attached hydrogens (tertiary/aromatic N) is 2. The summed E-state index contributed by atoms with van der Waals surface area (Å²) < 4.78 is 12.5. The van der Waals surface area contributed by atoms with Gasteiger partial charge >= 0.3 is 5.97 Å². The third kappa shape index (κ3) is 4.09. The summed E-state index contributed by atoms with van der Waals surface area (Å²) in [4.78, 5) is 29.5. The number of amides is 1. The normalized spacial score (nSPS) is 12.0. The molecule has 6 nitrogen and oxygen atoms in total. The Bertz CT molecular complexity index is 1030. The number of ether oxygens (including phenoxy) is 2. The molecule has 26 heavy (non-hydrogen) atoms. The first-order valence-corrected chi connectivity index (χ1v) is 9.35. The lowest BCUT2D eigenvalue weighted by Gasteiger charge is -2.04. The van der Waals surface area contributed by atoms with Gasteiger partial charge in [0.05, 0.1) is 24.4 Å². The van der Waals surface area contributed by atoms with E-state index in [2.05, 4.69) is 4.99 Å². The number of esters is 1. The molecule has 0 saturated heterocycles. The third-order valence-electron chi connectivity index (χ3n) is 3.54. The summed E-state index contributed by atoms with van der Waals surface area (Å²) in [5, 5.41) is 1.94. The molecule has 0 aliphatic rings. The van der Waals surface area contributed by atoms with Gasteiger partial charge in [-0.05, 0) is 35.7 Å². The molecule has 0 spiro atoms. The quantitative estimate of drug-likeness (QED) is 0.497. The summed E-state index contributed by atoms with van der Waals surface area (Å²) in [5.74, 6) is -0.112. The van der Waals surface area contributed by atoms with Crippen LogP contribution >= 0.6 is 22.7 Å². The second-order valence-corrected chi connectivity index (χ2v) is 7.17. The first kappa shape index (κ1) is 18.1. The Balaban J connectivity index is 2.03. The van der Waals surface area contributed by atoms with Crippen molar-refractivity contribution >= 4 is 50.8 Å². The molecule has 0 atom stereocenters. The van der Waals surface area contributed by atoms with E-state index in [4.69, 9.17) is 9.47 Å². The first-order chi connectivity index (χ1) is 12.6. The monoisotopic (exact) mass is 388 g/mol. The van der Waals surface area contributed by atoms with Gasteiger partial charge in [-0.15, -0.1) is 11.3 Å². The highest BCUT2D eigenvalue weighted by molar-refractivity contribution is 7.16. The second-order valence-electron chi connectivity index (χ2n) is 5.18. The molecule has 3 aromatic rings. The van der Waals surface area contributed by atoms with Crippen molar-refractivity contribution in [2.75, 3.05) is 14.2 Å². The number of methoxy groups -OCH3 is 2. The Morgan fingerprint density at radius 1 is 1.27 bits per heavy atom. The van der Waals surface area contributed by atoms with Crippen LogP contribution in [-0.4, -0.2) is 30.7 Å². The van der Waals surface area contributed by atoms with Crippen LogP contribution in [0.2, 0.25) is 0 Å². The van der Waals surface area contributed by atoms with Gasteiger partial charge in [0, 0.05) is 11.0 Å². The third-order valence-corrected chi connectivity index (χ3v) is 5.42. The largest absolute Gasteiger partial charge is 0.497 e. The lowest BCUT2D eigenvalue weighted by molar-refractivity contribution is -0.141. The van der Waals surface area contributed by atoms with Crippen LogP contribution in [0.4, 0.5) is 0 Å². The number of hydrogen-bond donors (Lipinski definition) is 0. The topological polar surface area (TPSA) is 69.9 Å². The molecule has 0 saturated carbocycles. The minimum absolute atomic E-state index is 0.0242. The van der Waals surface area contributed by atoms with Gasteiger partial charge in [0.15, 0.2) is 4.80 Å². The Kier molecular flexibility index (Phi) is 5.65. The SMILES string of the molecule is COC(=O)Cn1c(=NC(=O)/C=C/c2cccs2)sc2cc(OC)ccc21. The highest BCUT2D eigenvalue weighted by atomic mass is 32.1. The van der Waals surface area contributed by atoms with Crippen LogP contribution in [0.3, 0.4) is 0 Å². The smallest absolute Gasteiger partial charge is 0.325 e. The molecule has 0 N–H and O–H groups in total. The number of thiophene rings is 1. The van der Waals surface area contributed by atoms with Crippen molar-refractivity contribution in [3.63, 3.8) is 0 Å². The molecule has 2 aromatic heterocycles. The van der Waals surface area contributed by atoms with E-state index < -0.39 is 11.9 Å². The van der Waals surface area contributed by atoms with Crippen LogP contribution in [-0.2, 0) is 20.9 Å². The van der Waals surface area contributed by atoms with Gasteiger partial charge in [0.25, 0.3) is 5.91 Å². The van der Waals surface area contributed by atoms with E-state index in [9.17, 15) is 9.59 Å². The molecule has 0 unspecified atom stereocenters. The van der Waals surface area contributed by atoms with Gasteiger partial charge in [-0.3, -0.25) is 9.59 Å². The van der Waals surface area contributed by atoms with Crippen molar-refractivity contribution in [3.8, 4) is 5.75 Å². The van der Waals surface area contributed by atoms with Crippen molar-refractivity contribution in [2.24, 2.45) is 4.99 Å². The van der Waals surface area contributed by atoms with Gasteiger partial charge in [0.1, 0.15) is 12.3 Å².